The Morgan fingerprint density at radius 1 is 1.08 bits per heavy atom. The van der Waals surface area contributed by atoms with Crippen LogP contribution in [0.5, 0.6) is 11.5 Å². The third-order valence-electron chi connectivity index (χ3n) is 3.38. The first-order valence-corrected chi connectivity index (χ1v) is 7.78. The summed E-state index contributed by atoms with van der Waals surface area (Å²) in [7, 11) is 4.78. The fourth-order valence-electron chi connectivity index (χ4n) is 2.07. The molecule has 1 aromatic heterocycles. The minimum atomic E-state index is -0.266. The van der Waals surface area contributed by atoms with Crippen LogP contribution in [-0.2, 0) is 4.74 Å². The van der Waals surface area contributed by atoms with Crippen LogP contribution in [-0.4, -0.2) is 50.6 Å². The van der Waals surface area contributed by atoms with Gasteiger partial charge in [-0.1, -0.05) is 0 Å². The molecule has 2 aromatic rings. The topological polar surface area (TPSA) is 94.6 Å². The van der Waals surface area contributed by atoms with Crippen LogP contribution in [0.25, 0.3) is 0 Å². The molecule has 2 rings (SSSR count). The molecule has 0 aliphatic heterocycles. The zero-order chi connectivity index (χ0) is 18.1. The maximum Gasteiger partial charge on any atom is 0.271 e. The lowest BCUT2D eigenvalue weighted by Crippen LogP contribution is -2.26. The number of ether oxygens (including phenoxy) is 3. The van der Waals surface area contributed by atoms with E-state index in [9.17, 15) is 4.79 Å². The van der Waals surface area contributed by atoms with E-state index in [1.807, 2.05) is 6.07 Å². The molecule has 0 aliphatic rings. The molecule has 0 radical (unpaired) electrons. The van der Waals surface area contributed by atoms with E-state index in [2.05, 4.69) is 20.8 Å². The highest BCUT2D eigenvalue weighted by molar-refractivity contribution is 5.92. The standard InChI is InChI=1S/C17H22N4O4/c1-23-10-4-9-18-17(22)14-7-8-16(21-20-14)19-13-6-5-12(24-2)11-15(13)25-3/h5-8,11H,4,9-10H2,1-3H3,(H,18,22)(H,19,21). The SMILES string of the molecule is COCCCNC(=O)c1ccc(Nc2ccc(OC)cc2OC)nn1. The zero-order valence-corrected chi connectivity index (χ0v) is 14.5. The van der Waals surface area contributed by atoms with Crippen molar-refractivity contribution in [1.82, 2.24) is 15.5 Å². The Labute approximate surface area is 146 Å². The average Bonchev–Trinajstić information content (AvgIpc) is 2.66. The molecule has 0 aliphatic carbocycles. The molecule has 8 heteroatoms. The summed E-state index contributed by atoms with van der Waals surface area (Å²) in [5.74, 6) is 1.53. The molecule has 0 fully saturated rings. The van der Waals surface area contributed by atoms with Crippen LogP contribution in [0.3, 0.4) is 0 Å². The second-order valence-corrected chi connectivity index (χ2v) is 5.10. The summed E-state index contributed by atoms with van der Waals surface area (Å²) in [6.07, 6.45) is 0.743. The van der Waals surface area contributed by atoms with Crippen molar-refractivity contribution < 1.29 is 19.0 Å². The molecule has 0 unspecified atom stereocenters. The van der Waals surface area contributed by atoms with Gasteiger partial charge in [0.15, 0.2) is 11.5 Å². The van der Waals surface area contributed by atoms with Crippen molar-refractivity contribution in [3.05, 3.63) is 36.0 Å². The molecule has 0 saturated heterocycles. The largest absolute Gasteiger partial charge is 0.497 e. The van der Waals surface area contributed by atoms with Gasteiger partial charge in [-0.05, 0) is 30.7 Å². The van der Waals surface area contributed by atoms with Crippen molar-refractivity contribution >= 4 is 17.4 Å². The molecular weight excluding hydrogens is 324 g/mol. The maximum absolute atomic E-state index is 11.9. The summed E-state index contributed by atoms with van der Waals surface area (Å²) in [6.45, 7) is 1.12. The highest BCUT2D eigenvalue weighted by Crippen LogP contribution is 2.30. The Bertz CT molecular complexity index is 692. The quantitative estimate of drug-likeness (QED) is 0.671. The predicted molar refractivity (Wildman–Crippen MR) is 93.7 cm³/mol. The van der Waals surface area contributed by atoms with E-state index < -0.39 is 0 Å². The number of amides is 1. The zero-order valence-electron chi connectivity index (χ0n) is 14.5. The summed E-state index contributed by atoms with van der Waals surface area (Å²) >= 11 is 0. The molecule has 25 heavy (non-hydrogen) atoms. The van der Waals surface area contributed by atoms with Gasteiger partial charge in [0, 0.05) is 26.3 Å². The van der Waals surface area contributed by atoms with Crippen LogP contribution < -0.4 is 20.1 Å². The number of benzene rings is 1. The smallest absolute Gasteiger partial charge is 0.271 e. The summed E-state index contributed by atoms with van der Waals surface area (Å²) in [5, 5.41) is 13.8. The van der Waals surface area contributed by atoms with E-state index in [1.165, 1.54) is 0 Å². The average molecular weight is 346 g/mol. The van der Waals surface area contributed by atoms with Gasteiger partial charge in [-0.25, -0.2) is 0 Å². The maximum atomic E-state index is 11.9. The minimum absolute atomic E-state index is 0.254. The molecule has 0 atom stereocenters. The van der Waals surface area contributed by atoms with E-state index in [4.69, 9.17) is 14.2 Å². The monoisotopic (exact) mass is 346 g/mol. The highest BCUT2D eigenvalue weighted by Gasteiger charge is 2.09. The van der Waals surface area contributed by atoms with Crippen LogP contribution >= 0.6 is 0 Å². The highest BCUT2D eigenvalue weighted by atomic mass is 16.5. The number of carbonyl (C=O) groups excluding carboxylic acids is 1. The molecule has 1 heterocycles. The Morgan fingerprint density at radius 3 is 2.56 bits per heavy atom. The van der Waals surface area contributed by atoms with Crippen molar-refractivity contribution in [3.8, 4) is 11.5 Å². The van der Waals surface area contributed by atoms with Crippen molar-refractivity contribution in [2.24, 2.45) is 0 Å². The van der Waals surface area contributed by atoms with Crippen molar-refractivity contribution in [3.63, 3.8) is 0 Å². The van der Waals surface area contributed by atoms with Crippen LogP contribution in [0, 0.1) is 0 Å². The van der Waals surface area contributed by atoms with E-state index >= 15 is 0 Å². The van der Waals surface area contributed by atoms with Crippen LogP contribution in [0.4, 0.5) is 11.5 Å². The Kier molecular flexibility index (Phi) is 6.97. The molecule has 1 amide bonds. The van der Waals surface area contributed by atoms with Crippen molar-refractivity contribution in [2.45, 2.75) is 6.42 Å². The number of aromatic nitrogens is 2. The number of carbonyl (C=O) groups is 1. The van der Waals surface area contributed by atoms with Gasteiger partial charge >= 0.3 is 0 Å². The number of hydrogen-bond donors (Lipinski definition) is 2. The molecule has 134 valence electrons. The van der Waals surface area contributed by atoms with E-state index in [0.29, 0.717) is 30.5 Å². The van der Waals surface area contributed by atoms with Gasteiger partial charge in [-0.15, -0.1) is 10.2 Å². The van der Waals surface area contributed by atoms with Crippen LogP contribution in [0.15, 0.2) is 30.3 Å². The molecular formula is C17H22N4O4. The molecule has 1 aromatic carbocycles. The number of nitrogens with one attached hydrogen (secondary N) is 2. The van der Waals surface area contributed by atoms with Gasteiger partial charge in [0.25, 0.3) is 5.91 Å². The first kappa shape index (κ1) is 18.5. The molecule has 0 bridgehead atoms. The third-order valence-corrected chi connectivity index (χ3v) is 3.38. The Hall–Kier alpha value is -2.87. The number of methoxy groups -OCH3 is 3. The summed E-state index contributed by atoms with van der Waals surface area (Å²) in [5.41, 5.74) is 0.971. The number of nitrogens with zero attached hydrogens (tertiary/aromatic N) is 2. The van der Waals surface area contributed by atoms with Gasteiger partial charge in [0.2, 0.25) is 0 Å². The van der Waals surface area contributed by atoms with Crippen molar-refractivity contribution in [1.29, 1.82) is 0 Å². The van der Waals surface area contributed by atoms with E-state index in [1.54, 1.807) is 45.6 Å². The lowest BCUT2D eigenvalue weighted by molar-refractivity contribution is 0.0942. The van der Waals surface area contributed by atoms with Gasteiger partial charge in [0.05, 0.1) is 19.9 Å². The summed E-state index contributed by atoms with van der Waals surface area (Å²) in [6, 6.07) is 8.67. The van der Waals surface area contributed by atoms with Gasteiger partial charge in [0.1, 0.15) is 11.5 Å². The van der Waals surface area contributed by atoms with E-state index in [0.717, 1.165) is 12.1 Å². The summed E-state index contributed by atoms with van der Waals surface area (Å²) < 4.78 is 15.4. The van der Waals surface area contributed by atoms with E-state index in [-0.39, 0.29) is 11.6 Å². The Morgan fingerprint density at radius 2 is 1.92 bits per heavy atom. The van der Waals surface area contributed by atoms with Gasteiger partial charge < -0.3 is 24.8 Å². The lowest BCUT2D eigenvalue weighted by atomic mass is 10.2. The fraction of sp³-hybridized carbons (Fsp3) is 0.353. The second kappa shape index (κ2) is 9.43. The predicted octanol–water partition coefficient (Wildman–Crippen LogP) is 2.00. The summed E-state index contributed by atoms with van der Waals surface area (Å²) in [4.78, 5) is 11.9. The molecule has 0 saturated carbocycles. The lowest BCUT2D eigenvalue weighted by Gasteiger charge is -2.11. The molecule has 2 N–H and O–H groups in total. The van der Waals surface area contributed by atoms with Crippen LogP contribution in [0.2, 0.25) is 0 Å². The number of rotatable bonds is 9. The molecule has 8 nitrogen and oxygen atoms in total. The number of hydrogen-bond acceptors (Lipinski definition) is 7. The second-order valence-electron chi connectivity index (χ2n) is 5.10. The van der Waals surface area contributed by atoms with Gasteiger partial charge in [-0.3, -0.25) is 4.79 Å². The fourth-order valence-corrected chi connectivity index (χ4v) is 2.07. The Balaban J connectivity index is 1.99. The van der Waals surface area contributed by atoms with Gasteiger partial charge in [-0.2, -0.15) is 0 Å². The normalized spacial score (nSPS) is 10.2. The molecule has 0 spiro atoms. The first-order chi connectivity index (χ1) is 12.2. The third kappa shape index (κ3) is 5.32. The number of anilines is 2. The van der Waals surface area contributed by atoms with Crippen LogP contribution in [0.1, 0.15) is 16.9 Å². The minimum Gasteiger partial charge on any atom is -0.497 e. The first-order valence-electron chi connectivity index (χ1n) is 7.78. The van der Waals surface area contributed by atoms with Crippen molar-refractivity contribution in [2.75, 3.05) is 39.8 Å².